The number of amides is 1. The summed E-state index contributed by atoms with van der Waals surface area (Å²) in [4.78, 5) is 12.1. The molecule has 1 aromatic rings. The molecule has 1 amide bonds. The Kier molecular flexibility index (Phi) is 3.83. The van der Waals surface area contributed by atoms with Gasteiger partial charge in [0.05, 0.1) is 21.3 Å². The van der Waals surface area contributed by atoms with E-state index < -0.39 is 10.8 Å². The number of carbonyl (C=O) groups is 1. The molecule has 0 aliphatic rings. The van der Waals surface area contributed by atoms with E-state index >= 15 is 0 Å². The molecule has 0 saturated heterocycles. The standard InChI is InChI=1S/C10H13NO2S/c1-3-11-10(12)8-6-4-5-7-9(8)14(2)13/h4-7H,3H2,1-2H3,(H,11,12)/t14-/m1/s1. The molecule has 1 N–H and O–H groups in total. The van der Waals surface area contributed by atoms with Crippen molar-refractivity contribution in [3.63, 3.8) is 0 Å². The lowest BCUT2D eigenvalue weighted by Gasteiger charge is -2.06. The van der Waals surface area contributed by atoms with Crippen LogP contribution in [0.4, 0.5) is 0 Å². The minimum atomic E-state index is -1.13. The van der Waals surface area contributed by atoms with E-state index in [0.717, 1.165) is 0 Å². The zero-order valence-electron chi connectivity index (χ0n) is 8.24. The fourth-order valence-electron chi connectivity index (χ4n) is 1.16. The summed E-state index contributed by atoms with van der Waals surface area (Å²) in [6.45, 7) is 2.42. The van der Waals surface area contributed by atoms with Crippen LogP contribution in [0.25, 0.3) is 0 Å². The zero-order valence-corrected chi connectivity index (χ0v) is 9.06. The van der Waals surface area contributed by atoms with Gasteiger partial charge >= 0.3 is 0 Å². The van der Waals surface area contributed by atoms with Gasteiger partial charge in [-0.15, -0.1) is 0 Å². The van der Waals surface area contributed by atoms with E-state index in [1.54, 1.807) is 30.5 Å². The smallest absolute Gasteiger partial charge is 0.252 e. The molecule has 0 spiro atoms. The van der Waals surface area contributed by atoms with E-state index in [4.69, 9.17) is 0 Å². The Morgan fingerprint density at radius 1 is 1.43 bits per heavy atom. The topological polar surface area (TPSA) is 46.2 Å². The second-order valence-corrected chi connectivity index (χ2v) is 4.16. The van der Waals surface area contributed by atoms with Gasteiger partial charge in [-0.1, -0.05) is 12.1 Å². The summed E-state index contributed by atoms with van der Waals surface area (Å²) in [5, 5.41) is 2.68. The van der Waals surface area contributed by atoms with Gasteiger partial charge in [0.15, 0.2) is 0 Å². The summed E-state index contributed by atoms with van der Waals surface area (Å²) in [5.41, 5.74) is 0.496. The molecule has 4 heteroatoms. The van der Waals surface area contributed by atoms with Gasteiger partial charge in [0.2, 0.25) is 0 Å². The van der Waals surface area contributed by atoms with Gasteiger partial charge < -0.3 is 5.32 Å². The van der Waals surface area contributed by atoms with Crippen LogP contribution in [-0.2, 0) is 10.8 Å². The summed E-state index contributed by atoms with van der Waals surface area (Å²) in [7, 11) is -1.13. The van der Waals surface area contributed by atoms with E-state index in [0.29, 0.717) is 17.0 Å². The third-order valence-electron chi connectivity index (χ3n) is 1.78. The largest absolute Gasteiger partial charge is 0.352 e. The molecular formula is C10H13NO2S. The number of benzene rings is 1. The maximum Gasteiger partial charge on any atom is 0.252 e. The first kappa shape index (κ1) is 10.9. The average molecular weight is 211 g/mol. The van der Waals surface area contributed by atoms with Crippen molar-refractivity contribution in [2.24, 2.45) is 0 Å². The number of carbonyl (C=O) groups excluding carboxylic acids is 1. The van der Waals surface area contributed by atoms with Crippen LogP contribution in [0.2, 0.25) is 0 Å². The first-order chi connectivity index (χ1) is 6.66. The SMILES string of the molecule is CCNC(=O)c1ccccc1[S@@](C)=O. The van der Waals surface area contributed by atoms with Crippen LogP contribution in [0, 0.1) is 0 Å². The summed E-state index contributed by atoms with van der Waals surface area (Å²) in [5.74, 6) is -0.168. The molecule has 1 rings (SSSR count). The van der Waals surface area contributed by atoms with Crippen LogP contribution in [0.15, 0.2) is 29.2 Å². The highest BCUT2D eigenvalue weighted by Gasteiger charge is 2.11. The summed E-state index contributed by atoms with van der Waals surface area (Å²) >= 11 is 0. The summed E-state index contributed by atoms with van der Waals surface area (Å²) < 4.78 is 11.3. The molecule has 0 aliphatic carbocycles. The van der Waals surface area contributed by atoms with Crippen LogP contribution < -0.4 is 5.32 Å². The lowest BCUT2D eigenvalue weighted by atomic mass is 10.2. The van der Waals surface area contributed by atoms with Gasteiger partial charge in [0, 0.05) is 12.8 Å². The summed E-state index contributed by atoms with van der Waals surface area (Å²) in [6, 6.07) is 6.93. The molecule has 0 radical (unpaired) electrons. The van der Waals surface area contributed by atoms with Crippen molar-refractivity contribution in [2.75, 3.05) is 12.8 Å². The van der Waals surface area contributed by atoms with Crippen molar-refractivity contribution in [3.8, 4) is 0 Å². The normalized spacial score (nSPS) is 12.1. The summed E-state index contributed by atoms with van der Waals surface area (Å²) in [6.07, 6.45) is 1.57. The highest BCUT2D eigenvalue weighted by Crippen LogP contribution is 2.11. The molecule has 76 valence electrons. The maximum absolute atomic E-state index is 11.5. The molecule has 0 fully saturated rings. The van der Waals surface area contributed by atoms with Crippen LogP contribution in [0.1, 0.15) is 17.3 Å². The monoisotopic (exact) mass is 211 g/mol. The predicted octanol–water partition coefficient (Wildman–Crippen LogP) is 1.17. The second kappa shape index (κ2) is 4.91. The molecule has 0 unspecified atom stereocenters. The van der Waals surface area contributed by atoms with Gasteiger partial charge in [-0.05, 0) is 19.1 Å². The van der Waals surface area contributed by atoms with E-state index in [-0.39, 0.29) is 5.91 Å². The first-order valence-electron chi connectivity index (χ1n) is 4.37. The van der Waals surface area contributed by atoms with Crippen LogP contribution in [0.5, 0.6) is 0 Å². The van der Waals surface area contributed by atoms with E-state index in [2.05, 4.69) is 5.32 Å². The molecule has 0 saturated carbocycles. The van der Waals surface area contributed by atoms with Crippen molar-refractivity contribution < 1.29 is 9.00 Å². The number of rotatable bonds is 3. The number of hydrogen-bond donors (Lipinski definition) is 1. The zero-order chi connectivity index (χ0) is 10.6. The van der Waals surface area contributed by atoms with Crippen molar-refractivity contribution >= 4 is 16.7 Å². The van der Waals surface area contributed by atoms with E-state index in [9.17, 15) is 9.00 Å². The minimum Gasteiger partial charge on any atom is -0.352 e. The van der Waals surface area contributed by atoms with E-state index in [1.165, 1.54) is 0 Å². The Balaban J connectivity index is 3.07. The van der Waals surface area contributed by atoms with Gasteiger partial charge in [-0.25, -0.2) is 0 Å². The van der Waals surface area contributed by atoms with Crippen LogP contribution in [-0.4, -0.2) is 22.9 Å². The van der Waals surface area contributed by atoms with Gasteiger partial charge in [-0.3, -0.25) is 9.00 Å². The van der Waals surface area contributed by atoms with Crippen molar-refractivity contribution in [1.29, 1.82) is 0 Å². The number of nitrogens with one attached hydrogen (secondary N) is 1. The Hall–Kier alpha value is -1.16. The number of hydrogen-bond acceptors (Lipinski definition) is 2. The molecule has 0 aromatic heterocycles. The molecule has 1 atom stereocenters. The highest BCUT2D eigenvalue weighted by atomic mass is 32.2. The first-order valence-corrected chi connectivity index (χ1v) is 5.93. The molecule has 1 aromatic carbocycles. The highest BCUT2D eigenvalue weighted by molar-refractivity contribution is 7.84. The quantitative estimate of drug-likeness (QED) is 0.816. The maximum atomic E-state index is 11.5. The third-order valence-corrected chi connectivity index (χ3v) is 2.75. The minimum absolute atomic E-state index is 0.168. The fourth-order valence-corrected chi connectivity index (χ4v) is 1.90. The Morgan fingerprint density at radius 2 is 2.07 bits per heavy atom. The van der Waals surface area contributed by atoms with Gasteiger partial charge in [0.1, 0.15) is 0 Å². The lowest BCUT2D eigenvalue weighted by Crippen LogP contribution is -2.23. The van der Waals surface area contributed by atoms with Crippen molar-refractivity contribution in [2.45, 2.75) is 11.8 Å². The van der Waals surface area contributed by atoms with E-state index in [1.807, 2.05) is 6.92 Å². The Morgan fingerprint density at radius 3 is 2.64 bits per heavy atom. The van der Waals surface area contributed by atoms with Gasteiger partial charge in [-0.2, -0.15) is 0 Å². The lowest BCUT2D eigenvalue weighted by molar-refractivity contribution is 0.0953. The van der Waals surface area contributed by atoms with Crippen molar-refractivity contribution in [1.82, 2.24) is 5.32 Å². The average Bonchev–Trinajstić information content (AvgIpc) is 2.18. The molecule has 0 aliphatic heterocycles. The Labute approximate surface area is 86.0 Å². The predicted molar refractivity (Wildman–Crippen MR) is 56.8 cm³/mol. The second-order valence-electron chi connectivity index (χ2n) is 2.81. The Bertz CT molecular complexity index is 363. The molecule has 14 heavy (non-hydrogen) atoms. The molecule has 0 bridgehead atoms. The third kappa shape index (κ3) is 2.42. The van der Waals surface area contributed by atoms with Crippen LogP contribution in [0.3, 0.4) is 0 Å². The van der Waals surface area contributed by atoms with Crippen LogP contribution >= 0.6 is 0 Å². The molecule has 0 heterocycles. The molecular weight excluding hydrogens is 198 g/mol. The molecule has 3 nitrogen and oxygen atoms in total. The van der Waals surface area contributed by atoms with Crippen molar-refractivity contribution in [3.05, 3.63) is 29.8 Å². The van der Waals surface area contributed by atoms with Gasteiger partial charge in [0.25, 0.3) is 5.91 Å². The fraction of sp³-hybridized carbons (Fsp3) is 0.300.